The maximum absolute atomic E-state index is 6.36. The molecule has 0 aliphatic heterocycles. The fraction of sp³-hybridized carbons (Fsp3) is 0.438. The number of imidazole rings is 1. The van der Waals surface area contributed by atoms with Crippen molar-refractivity contribution in [1.82, 2.24) is 9.55 Å². The van der Waals surface area contributed by atoms with Crippen LogP contribution in [-0.2, 0) is 0 Å². The molecule has 2 atom stereocenters. The van der Waals surface area contributed by atoms with Gasteiger partial charge in [-0.05, 0) is 30.5 Å². The zero-order chi connectivity index (χ0) is 14.5. The second kappa shape index (κ2) is 6.57. The van der Waals surface area contributed by atoms with Crippen molar-refractivity contribution in [2.45, 2.75) is 31.8 Å². The molecule has 1 heterocycles. The lowest BCUT2D eigenvalue weighted by Gasteiger charge is -2.22. The van der Waals surface area contributed by atoms with Gasteiger partial charge in [0.1, 0.15) is 0 Å². The highest BCUT2D eigenvalue weighted by Crippen LogP contribution is 2.26. The predicted molar refractivity (Wildman–Crippen MR) is 83.9 cm³/mol. The molecule has 0 fully saturated rings. The van der Waals surface area contributed by atoms with Gasteiger partial charge in [0, 0.05) is 44.3 Å². The minimum atomic E-state index is 0.0542. The van der Waals surface area contributed by atoms with Crippen LogP contribution in [0.3, 0.4) is 0 Å². The monoisotopic (exact) mass is 272 g/mol. The number of rotatable bonds is 6. The van der Waals surface area contributed by atoms with E-state index in [1.807, 2.05) is 32.8 Å². The van der Waals surface area contributed by atoms with E-state index in [4.69, 9.17) is 5.73 Å². The highest BCUT2D eigenvalue weighted by Gasteiger charge is 2.14. The summed E-state index contributed by atoms with van der Waals surface area (Å²) in [6.45, 7) is 2.19. The van der Waals surface area contributed by atoms with Crippen LogP contribution in [0.15, 0.2) is 43.0 Å². The van der Waals surface area contributed by atoms with E-state index in [0.717, 1.165) is 12.8 Å². The van der Waals surface area contributed by atoms with Crippen LogP contribution in [0.5, 0.6) is 0 Å². The van der Waals surface area contributed by atoms with Gasteiger partial charge in [0.05, 0.1) is 6.33 Å². The molecule has 0 spiro atoms. The van der Waals surface area contributed by atoms with Gasteiger partial charge in [-0.2, -0.15) is 0 Å². The largest absolute Gasteiger partial charge is 0.378 e. The third kappa shape index (κ3) is 3.39. The van der Waals surface area contributed by atoms with Crippen molar-refractivity contribution in [3.05, 3.63) is 48.5 Å². The standard InChI is InChI=1S/C16H24N4/c1-4-14(20-10-9-18-12-20)11-16(17)13-5-7-15(8-6-13)19(2)3/h5-10,12,14,16H,4,11,17H2,1-3H3. The fourth-order valence-electron chi connectivity index (χ4n) is 2.43. The normalized spacial score (nSPS) is 14.0. The Morgan fingerprint density at radius 2 is 1.95 bits per heavy atom. The Morgan fingerprint density at radius 3 is 2.45 bits per heavy atom. The average molecular weight is 272 g/mol. The summed E-state index contributed by atoms with van der Waals surface area (Å²) in [5.74, 6) is 0. The molecule has 1 aromatic heterocycles. The summed E-state index contributed by atoms with van der Waals surface area (Å²) in [5.41, 5.74) is 8.74. The number of hydrogen-bond donors (Lipinski definition) is 1. The van der Waals surface area contributed by atoms with Gasteiger partial charge in [-0.25, -0.2) is 4.98 Å². The maximum Gasteiger partial charge on any atom is 0.0948 e. The van der Waals surface area contributed by atoms with Gasteiger partial charge in [-0.3, -0.25) is 0 Å². The van der Waals surface area contributed by atoms with Crippen molar-refractivity contribution >= 4 is 5.69 Å². The van der Waals surface area contributed by atoms with Gasteiger partial charge in [0.2, 0.25) is 0 Å². The molecule has 0 amide bonds. The van der Waals surface area contributed by atoms with Crippen LogP contribution in [0.25, 0.3) is 0 Å². The smallest absolute Gasteiger partial charge is 0.0948 e. The molecular formula is C16H24N4. The molecule has 2 N–H and O–H groups in total. The highest BCUT2D eigenvalue weighted by atomic mass is 15.1. The minimum Gasteiger partial charge on any atom is -0.378 e. The Morgan fingerprint density at radius 1 is 1.25 bits per heavy atom. The minimum absolute atomic E-state index is 0.0542. The van der Waals surface area contributed by atoms with Gasteiger partial charge >= 0.3 is 0 Å². The summed E-state index contributed by atoms with van der Waals surface area (Å²) in [7, 11) is 4.09. The number of nitrogens with two attached hydrogens (primary N) is 1. The molecule has 2 unspecified atom stereocenters. The van der Waals surface area contributed by atoms with E-state index >= 15 is 0 Å². The van der Waals surface area contributed by atoms with Crippen LogP contribution in [0.4, 0.5) is 5.69 Å². The molecule has 0 aliphatic carbocycles. The Hall–Kier alpha value is -1.81. The summed E-state index contributed by atoms with van der Waals surface area (Å²) in [6, 6.07) is 8.95. The van der Waals surface area contributed by atoms with E-state index in [-0.39, 0.29) is 6.04 Å². The summed E-state index contributed by atoms with van der Waals surface area (Å²) in [5, 5.41) is 0. The first-order valence-corrected chi connectivity index (χ1v) is 7.12. The van der Waals surface area contributed by atoms with Crippen molar-refractivity contribution in [2.75, 3.05) is 19.0 Å². The molecule has 4 nitrogen and oxygen atoms in total. The van der Waals surface area contributed by atoms with Crippen LogP contribution >= 0.6 is 0 Å². The van der Waals surface area contributed by atoms with Gasteiger partial charge < -0.3 is 15.2 Å². The van der Waals surface area contributed by atoms with Crippen LogP contribution in [0.2, 0.25) is 0 Å². The second-order valence-electron chi connectivity index (χ2n) is 5.40. The number of benzene rings is 1. The van der Waals surface area contributed by atoms with Gasteiger partial charge in [-0.1, -0.05) is 19.1 Å². The Bertz CT molecular complexity index is 502. The molecule has 0 radical (unpaired) electrons. The average Bonchev–Trinajstić information content (AvgIpc) is 2.98. The van der Waals surface area contributed by atoms with E-state index in [9.17, 15) is 0 Å². The fourth-order valence-corrected chi connectivity index (χ4v) is 2.43. The zero-order valence-electron chi connectivity index (χ0n) is 12.5. The first-order valence-electron chi connectivity index (χ1n) is 7.12. The zero-order valence-corrected chi connectivity index (χ0v) is 12.5. The Labute approximate surface area is 121 Å². The number of anilines is 1. The molecule has 4 heteroatoms. The van der Waals surface area contributed by atoms with Gasteiger partial charge in [0.25, 0.3) is 0 Å². The molecule has 0 aliphatic rings. The molecular weight excluding hydrogens is 248 g/mol. The maximum atomic E-state index is 6.36. The molecule has 0 saturated carbocycles. The Balaban J connectivity index is 2.05. The highest BCUT2D eigenvalue weighted by molar-refractivity contribution is 5.46. The quantitative estimate of drug-likeness (QED) is 0.879. The van der Waals surface area contributed by atoms with E-state index in [0.29, 0.717) is 6.04 Å². The lowest BCUT2D eigenvalue weighted by Crippen LogP contribution is -2.17. The van der Waals surface area contributed by atoms with Crippen molar-refractivity contribution < 1.29 is 0 Å². The second-order valence-corrected chi connectivity index (χ2v) is 5.40. The molecule has 0 bridgehead atoms. The van der Waals surface area contributed by atoms with Gasteiger partial charge in [0.15, 0.2) is 0 Å². The van der Waals surface area contributed by atoms with Crippen molar-refractivity contribution in [2.24, 2.45) is 5.73 Å². The first kappa shape index (κ1) is 14.6. The summed E-state index contributed by atoms with van der Waals surface area (Å²) >= 11 is 0. The molecule has 108 valence electrons. The van der Waals surface area contributed by atoms with E-state index in [1.54, 1.807) is 0 Å². The van der Waals surface area contributed by atoms with Crippen LogP contribution < -0.4 is 10.6 Å². The number of hydrogen-bond acceptors (Lipinski definition) is 3. The van der Waals surface area contributed by atoms with Gasteiger partial charge in [-0.15, -0.1) is 0 Å². The summed E-state index contributed by atoms with van der Waals surface area (Å²) < 4.78 is 2.15. The molecule has 0 saturated heterocycles. The van der Waals surface area contributed by atoms with Crippen molar-refractivity contribution in [3.8, 4) is 0 Å². The molecule has 20 heavy (non-hydrogen) atoms. The van der Waals surface area contributed by atoms with E-state index in [2.05, 4.69) is 45.6 Å². The van der Waals surface area contributed by atoms with Crippen molar-refractivity contribution in [3.63, 3.8) is 0 Å². The summed E-state index contributed by atoms with van der Waals surface area (Å²) in [4.78, 5) is 6.21. The lowest BCUT2D eigenvalue weighted by atomic mass is 9.98. The van der Waals surface area contributed by atoms with Crippen LogP contribution in [0, 0.1) is 0 Å². The molecule has 2 rings (SSSR count). The molecule has 2 aromatic rings. The third-order valence-corrected chi connectivity index (χ3v) is 3.78. The predicted octanol–water partition coefficient (Wildman–Crippen LogP) is 2.99. The third-order valence-electron chi connectivity index (χ3n) is 3.78. The number of aromatic nitrogens is 2. The van der Waals surface area contributed by atoms with Crippen LogP contribution in [0.1, 0.15) is 37.4 Å². The summed E-state index contributed by atoms with van der Waals surface area (Å²) in [6.07, 6.45) is 7.68. The van der Waals surface area contributed by atoms with Crippen LogP contribution in [-0.4, -0.2) is 23.6 Å². The first-order chi connectivity index (χ1) is 9.61. The van der Waals surface area contributed by atoms with E-state index < -0.39 is 0 Å². The molecule has 1 aromatic carbocycles. The van der Waals surface area contributed by atoms with E-state index in [1.165, 1.54) is 11.3 Å². The Kier molecular flexibility index (Phi) is 4.79. The topological polar surface area (TPSA) is 47.1 Å². The lowest BCUT2D eigenvalue weighted by molar-refractivity contribution is 0.414. The SMILES string of the molecule is CCC(CC(N)c1ccc(N(C)C)cc1)n1ccnc1. The van der Waals surface area contributed by atoms with Crippen molar-refractivity contribution in [1.29, 1.82) is 0 Å². The number of nitrogens with zero attached hydrogens (tertiary/aromatic N) is 3.